The number of anilines is 2. The minimum Gasteiger partial charge on any atom is -0.489 e. The summed E-state index contributed by atoms with van der Waals surface area (Å²) in [6.07, 6.45) is 3.07. The number of aliphatic hydroxyl groups excluding tert-OH is 1. The van der Waals surface area contributed by atoms with Crippen LogP contribution in [0.15, 0.2) is 60.7 Å². The fourth-order valence-electron chi connectivity index (χ4n) is 10.3. The van der Waals surface area contributed by atoms with Crippen molar-refractivity contribution in [2.45, 2.75) is 96.7 Å². The number of imide groups is 1. The van der Waals surface area contributed by atoms with E-state index >= 15 is 0 Å². The zero-order valence-electron chi connectivity index (χ0n) is 32.0. The van der Waals surface area contributed by atoms with Crippen molar-refractivity contribution in [2.24, 2.45) is 16.2 Å². The monoisotopic (exact) mass is 778 g/mol. The van der Waals surface area contributed by atoms with Gasteiger partial charge in [0, 0.05) is 76.6 Å². The maximum atomic E-state index is 13.5. The average molecular weight is 779 g/mol. The normalized spacial score (nSPS) is 26.1. The van der Waals surface area contributed by atoms with E-state index in [0.29, 0.717) is 33.0 Å². The number of nitriles is 1. The summed E-state index contributed by atoms with van der Waals surface area (Å²) in [6, 6.07) is 19.6. The van der Waals surface area contributed by atoms with Gasteiger partial charge in [-0.3, -0.25) is 29.4 Å². The Morgan fingerprint density at radius 1 is 0.982 bits per heavy atom. The number of benzene rings is 3. The van der Waals surface area contributed by atoms with E-state index in [9.17, 15) is 29.5 Å². The van der Waals surface area contributed by atoms with Crippen LogP contribution in [0.3, 0.4) is 0 Å². The van der Waals surface area contributed by atoms with Gasteiger partial charge in [-0.25, -0.2) is 0 Å². The molecule has 2 atom stereocenters. The van der Waals surface area contributed by atoms with E-state index in [4.69, 9.17) is 16.3 Å². The summed E-state index contributed by atoms with van der Waals surface area (Å²) >= 11 is 6.25. The Balaban J connectivity index is 0.817. The van der Waals surface area contributed by atoms with Crippen molar-refractivity contribution in [3.8, 4) is 11.8 Å². The minimum absolute atomic E-state index is 0.122. The molecule has 0 bridgehead atoms. The number of hydrogen-bond donors (Lipinski definition) is 4. The van der Waals surface area contributed by atoms with Crippen molar-refractivity contribution < 1.29 is 29.0 Å². The fourth-order valence-corrected chi connectivity index (χ4v) is 10.5. The standard InChI is InChI=1S/C43H47ClN6O6/c1-41(2)39(42(3,4)40(41)56-29-11-7-25(23-45)32(44)20-29)48-35(52)24-5-9-28(10-6-24)49-17-15-43(16-18-49)21-27(22-43)46-26-8-12-30-31(19-26)38(55)50(37(30)54)33-13-14-34(51)47-36(33)53/h5-12,19-20,27,33,37,39-40,46,54H,13-18,21-22H2,1-4H3,(H,48,52)(H,47,51,53). The molecule has 56 heavy (non-hydrogen) atoms. The third-order valence-electron chi connectivity index (χ3n) is 13.1. The van der Waals surface area contributed by atoms with Gasteiger partial charge in [0.2, 0.25) is 11.8 Å². The quantitative estimate of drug-likeness (QED) is 0.203. The second-order valence-electron chi connectivity index (χ2n) is 17.4. The van der Waals surface area contributed by atoms with Gasteiger partial charge in [-0.05, 0) is 86.1 Å². The summed E-state index contributed by atoms with van der Waals surface area (Å²) in [5.41, 5.74) is 3.30. The van der Waals surface area contributed by atoms with Crippen molar-refractivity contribution in [1.82, 2.24) is 15.5 Å². The molecule has 4 N–H and O–H groups in total. The molecule has 12 nitrogen and oxygen atoms in total. The van der Waals surface area contributed by atoms with Gasteiger partial charge in [-0.1, -0.05) is 45.4 Å². The Kier molecular flexibility index (Phi) is 9.32. The van der Waals surface area contributed by atoms with Crippen LogP contribution in [0.5, 0.6) is 5.75 Å². The van der Waals surface area contributed by atoms with Crippen molar-refractivity contribution >= 4 is 46.6 Å². The number of carbonyl (C=O) groups is 4. The Bertz CT molecular complexity index is 2130. The van der Waals surface area contributed by atoms with Crippen LogP contribution < -0.4 is 25.6 Å². The highest BCUT2D eigenvalue weighted by molar-refractivity contribution is 6.31. The van der Waals surface area contributed by atoms with E-state index in [-0.39, 0.29) is 59.1 Å². The molecule has 1 spiro atoms. The van der Waals surface area contributed by atoms with Gasteiger partial charge in [-0.2, -0.15) is 5.26 Å². The van der Waals surface area contributed by atoms with Gasteiger partial charge in [-0.15, -0.1) is 0 Å². The summed E-state index contributed by atoms with van der Waals surface area (Å²) < 4.78 is 6.38. The molecule has 2 saturated heterocycles. The number of piperidine rings is 2. The number of carbonyl (C=O) groups excluding carboxylic acids is 4. The molecule has 2 unspecified atom stereocenters. The summed E-state index contributed by atoms with van der Waals surface area (Å²) in [4.78, 5) is 54.5. The van der Waals surface area contributed by atoms with E-state index in [2.05, 4.69) is 54.6 Å². The lowest BCUT2D eigenvalue weighted by Gasteiger charge is -2.63. The number of fused-ring (bicyclic) bond motifs is 1. The van der Waals surface area contributed by atoms with Gasteiger partial charge < -0.3 is 25.4 Å². The van der Waals surface area contributed by atoms with Crippen LogP contribution in [-0.2, 0) is 9.59 Å². The number of halogens is 1. The molecular formula is C43H47ClN6O6. The van der Waals surface area contributed by atoms with E-state index in [1.54, 1.807) is 30.3 Å². The van der Waals surface area contributed by atoms with Gasteiger partial charge in [0.15, 0.2) is 6.23 Å². The molecule has 8 rings (SSSR count). The Hall–Kier alpha value is -5.12. The highest BCUT2D eigenvalue weighted by Gasteiger charge is 2.64. The molecule has 0 radical (unpaired) electrons. The lowest BCUT2D eigenvalue weighted by Crippen LogP contribution is -2.74. The zero-order valence-corrected chi connectivity index (χ0v) is 32.8. The second kappa shape index (κ2) is 13.8. The van der Waals surface area contributed by atoms with Crippen LogP contribution in [0.25, 0.3) is 0 Å². The van der Waals surface area contributed by atoms with Crippen LogP contribution in [0.1, 0.15) is 104 Å². The number of nitrogens with one attached hydrogen (secondary N) is 3. The number of nitrogens with zero attached hydrogens (tertiary/aromatic N) is 3. The zero-order chi connectivity index (χ0) is 39.7. The first-order valence-corrected chi connectivity index (χ1v) is 19.8. The molecule has 4 fully saturated rings. The summed E-state index contributed by atoms with van der Waals surface area (Å²) in [5.74, 6) is -0.862. The summed E-state index contributed by atoms with van der Waals surface area (Å²) in [6.45, 7) is 10.2. The molecule has 3 heterocycles. The molecule has 3 aromatic carbocycles. The van der Waals surface area contributed by atoms with Crippen molar-refractivity contribution in [2.75, 3.05) is 23.3 Å². The summed E-state index contributed by atoms with van der Waals surface area (Å²) in [7, 11) is 0. The van der Waals surface area contributed by atoms with Gasteiger partial charge in [0.1, 0.15) is 24.0 Å². The van der Waals surface area contributed by atoms with Crippen molar-refractivity contribution in [3.63, 3.8) is 0 Å². The Morgan fingerprint density at radius 2 is 1.68 bits per heavy atom. The Labute approximate surface area is 331 Å². The first-order valence-electron chi connectivity index (χ1n) is 19.4. The fraction of sp³-hybridized carbons (Fsp3) is 0.465. The molecule has 4 amide bonds. The van der Waals surface area contributed by atoms with Crippen LogP contribution in [0, 0.1) is 27.6 Å². The molecule has 3 aromatic rings. The highest BCUT2D eigenvalue weighted by Crippen LogP contribution is 2.56. The molecule has 292 valence electrons. The van der Waals surface area contributed by atoms with Gasteiger partial charge in [0.05, 0.1) is 10.6 Å². The van der Waals surface area contributed by atoms with Crippen LogP contribution in [-0.4, -0.2) is 71.0 Å². The average Bonchev–Trinajstić information content (AvgIpc) is 3.40. The second-order valence-corrected chi connectivity index (χ2v) is 17.8. The maximum absolute atomic E-state index is 13.5. The predicted molar refractivity (Wildman–Crippen MR) is 210 cm³/mol. The lowest BCUT2D eigenvalue weighted by atomic mass is 9.49. The number of aliphatic hydroxyl groups is 1. The topological polar surface area (TPSA) is 164 Å². The number of rotatable bonds is 8. The van der Waals surface area contributed by atoms with Gasteiger partial charge in [0.25, 0.3) is 11.8 Å². The van der Waals surface area contributed by atoms with E-state index in [0.717, 1.165) is 50.1 Å². The lowest BCUT2D eigenvalue weighted by molar-refractivity contribution is -0.164. The van der Waals surface area contributed by atoms with Crippen LogP contribution in [0.2, 0.25) is 5.02 Å². The van der Waals surface area contributed by atoms with E-state index in [1.165, 1.54) is 4.90 Å². The van der Waals surface area contributed by atoms with Crippen molar-refractivity contribution in [3.05, 3.63) is 87.9 Å². The highest BCUT2D eigenvalue weighted by atomic mass is 35.5. The number of hydrogen-bond acceptors (Lipinski definition) is 9. The maximum Gasteiger partial charge on any atom is 0.257 e. The number of ether oxygens (including phenoxy) is 1. The molecule has 3 aliphatic heterocycles. The molecule has 0 aromatic heterocycles. The molecule has 2 saturated carbocycles. The third kappa shape index (κ3) is 6.44. The van der Waals surface area contributed by atoms with E-state index < -0.39 is 24.1 Å². The first-order chi connectivity index (χ1) is 26.6. The molecule has 5 aliphatic rings. The van der Waals surface area contributed by atoms with Crippen LogP contribution in [0.4, 0.5) is 11.4 Å². The SMILES string of the molecule is CC1(C)C(NC(=O)c2ccc(N3CCC4(CC3)CC(Nc3ccc5c(c3)C(=O)N(C3CCC(=O)NC3=O)C5O)C4)cc2)C(C)(C)C1Oc1ccc(C#N)c(Cl)c1. The van der Waals surface area contributed by atoms with Crippen LogP contribution >= 0.6 is 11.6 Å². The smallest absolute Gasteiger partial charge is 0.257 e. The molecular weight excluding hydrogens is 732 g/mol. The number of amides is 4. The van der Waals surface area contributed by atoms with E-state index in [1.807, 2.05) is 30.3 Å². The summed E-state index contributed by atoms with van der Waals surface area (Å²) in [5, 5.41) is 29.6. The first kappa shape index (κ1) is 37.8. The van der Waals surface area contributed by atoms with Gasteiger partial charge >= 0.3 is 0 Å². The Morgan fingerprint density at radius 3 is 2.32 bits per heavy atom. The molecule has 2 aliphatic carbocycles. The van der Waals surface area contributed by atoms with Crippen molar-refractivity contribution in [1.29, 1.82) is 5.26 Å². The largest absolute Gasteiger partial charge is 0.489 e. The predicted octanol–water partition coefficient (Wildman–Crippen LogP) is 5.94. The minimum atomic E-state index is -1.23. The third-order valence-corrected chi connectivity index (χ3v) is 13.4. The molecule has 13 heteroatoms.